The molecular weight excluding hydrogens is 446 g/mol. The fourth-order valence-electron chi connectivity index (χ4n) is 4.06. The maximum atomic E-state index is 13.0. The number of nitrogens with zero attached hydrogens (tertiary/aromatic N) is 1. The molecule has 0 spiro atoms. The third kappa shape index (κ3) is 5.52. The molecule has 1 aromatic heterocycles. The number of amides is 4. The third-order valence-corrected chi connectivity index (χ3v) is 6.40. The molecule has 4 rings (SSSR count). The number of nitriles is 1. The van der Waals surface area contributed by atoms with E-state index in [-0.39, 0.29) is 24.4 Å². The summed E-state index contributed by atoms with van der Waals surface area (Å²) in [6.45, 7) is 0. The number of fused-ring (bicyclic) bond motifs is 1. The fraction of sp³-hybridized carbons (Fsp3) is 0.435. The van der Waals surface area contributed by atoms with E-state index in [0.29, 0.717) is 29.3 Å². The minimum absolute atomic E-state index is 0.103. The summed E-state index contributed by atoms with van der Waals surface area (Å²) in [4.78, 5) is 52.2. The Balaban J connectivity index is 1.42. The van der Waals surface area contributed by atoms with Gasteiger partial charge in [-0.1, -0.05) is 36.6 Å². The van der Waals surface area contributed by atoms with E-state index >= 15 is 0 Å². The average Bonchev–Trinajstić information content (AvgIpc) is 3.48. The SMILES string of the molecule is N#CC(CC1CCC(=O)NC1=O)NC(=O)C(CC1CC1)NC(=O)c1cc2cccc(Cl)c2[nH]1. The molecule has 9 nitrogen and oxygen atoms in total. The van der Waals surface area contributed by atoms with Crippen molar-refractivity contribution in [2.45, 2.75) is 50.6 Å². The number of hydrogen-bond acceptors (Lipinski definition) is 5. The van der Waals surface area contributed by atoms with Gasteiger partial charge in [-0.3, -0.25) is 24.5 Å². The van der Waals surface area contributed by atoms with E-state index in [1.807, 2.05) is 12.1 Å². The maximum Gasteiger partial charge on any atom is 0.268 e. The molecule has 4 amide bonds. The van der Waals surface area contributed by atoms with Crippen LogP contribution in [-0.4, -0.2) is 40.7 Å². The number of hydrogen-bond donors (Lipinski definition) is 4. The Morgan fingerprint density at radius 3 is 2.64 bits per heavy atom. The fourth-order valence-corrected chi connectivity index (χ4v) is 4.29. The molecule has 10 heteroatoms. The Morgan fingerprint density at radius 1 is 1.18 bits per heavy atom. The first-order valence-electron chi connectivity index (χ1n) is 11.0. The molecule has 2 heterocycles. The number of aromatic nitrogens is 1. The molecule has 0 bridgehead atoms. The van der Waals surface area contributed by atoms with Crippen LogP contribution in [0.1, 0.15) is 49.0 Å². The second-order valence-corrected chi connectivity index (χ2v) is 9.07. The van der Waals surface area contributed by atoms with Crippen LogP contribution in [0.5, 0.6) is 0 Å². The van der Waals surface area contributed by atoms with Gasteiger partial charge < -0.3 is 15.6 Å². The number of halogens is 1. The van der Waals surface area contributed by atoms with Crippen molar-refractivity contribution >= 4 is 46.1 Å². The van der Waals surface area contributed by atoms with Crippen LogP contribution in [0.3, 0.4) is 0 Å². The van der Waals surface area contributed by atoms with Gasteiger partial charge in [0.15, 0.2) is 0 Å². The van der Waals surface area contributed by atoms with E-state index in [9.17, 15) is 24.4 Å². The molecule has 2 aromatic rings. The molecule has 4 N–H and O–H groups in total. The standard InChI is InChI=1S/C23H24ClN5O4/c24-16-3-1-2-13-10-18(27-20(13)16)23(33)28-17(8-12-4-5-12)22(32)26-15(11-25)9-14-6-7-19(30)29-21(14)31/h1-3,10,12,14-15,17,27H,4-9H2,(H,26,32)(H,28,33)(H,29,30,31). The maximum absolute atomic E-state index is 13.0. The summed E-state index contributed by atoms with van der Waals surface area (Å²) in [7, 11) is 0. The van der Waals surface area contributed by atoms with Crippen LogP contribution in [0.4, 0.5) is 0 Å². The monoisotopic (exact) mass is 469 g/mol. The van der Waals surface area contributed by atoms with Crippen LogP contribution in [0.2, 0.25) is 5.02 Å². The highest BCUT2D eigenvalue weighted by atomic mass is 35.5. The number of piperidine rings is 1. The zero-order chi connectivity index (χ0) is 23.5. The van der Waals surface area contributed by atoms with E-state index in [2.05, 4.69) is 20.9 Å². The molecule has 1 aliphatic carbocycles. The van der Waals surface area contributed by atoms with Crippen molar-refractivity contribution in [2.75, 3.05) is 0 Å². The predicted molar refractivity (Wildman–Crippen MR) is 120 cm³/mol. The average molecular weight is 470 g/mol. The number of para-hydroxylation sites is 1. The van der Waals surface area contributed by atoms with Crippen LogP contribution in [0, 0.1) is 23.2 Å². The minimum Gasteiger partial charge on any atom is -0.349 e. The van der Waals surface area contributed by atoms with Crippen molar-refractivity contribution < 1.29 is 19.2 Å². The highest BCUT2D eigenvalue weighted by Gasteiger charge is 2.34. The van der Waals surface area contributed by atoms with Crippen molar-refractivity contribution in [1.82, 2.24) is 20.9 Å². The number of H-pyrrole nitrogens is 1. The summed E-state index contributed by atoms with van der Waals surface area (Å²) in [5, 5.41) is 18.5. The Kier molecular flexibility index (Phi) is 6.65. The Labute approximate surface area is 195 Å². The summed E-state index contributed by atoms with van der Waals surface area (Å²) >= 11 is 6.18. The van der Waals surface area contributed by atoms with Crippen LogP contribution < -0.4 is 16.0 Å². The first kappa shape index (κ1) is 22.8. The quantitative estimate of drug-likeness (QED) is 0.438. The van der Waals surface area contributed by atoms with E-state index in [1.165, 1.54) is 0 Å². The van der Waals surface area contributed by atoms with Crippen molar-refractivity contribution in [1.29, 1.82) is 5.26 Å². The van der Waals surface area contributed by atoms with Gasteiger partial charge in [-0.05, 0) is 37.3 Å². The van der Waals surface area contributed by atoms with Gasteiger partial charge in [-0.2, -0.15) is 5.26 Å². The molecular formula is C23H24ClN5O4. The van der Waals surface area contributed by atoms with Crippen LogP contribution >= 0.6 is 11.6 Å². The van der Waals surface area contributed by atoms with Crippen LogP contribution in [-0.2, 0) is 14.4 Å². The van der Waals surface area contributed by atoms with Crippen molar-refractivity contribution in [3.63, 3.8) is 0 Å². The van der Waals surface area contributed by atoms with Crippen molar-refractivity contribution in [3.8, 4) is 6.07 Å². The lowest BCUT2D eigenvalue weighted by atomic mass is 9.91. The molecule has 3 atom stereocenters. The van der Waals surface area contributed by atoms with E-state index < -0.39 is 35.7 Å². The molecule has 1 saturated heterocycles. The molecule has 172 valence electrons. The summed E-state index contributed by atoms with van der Waals surface area (Å²) in [6, 6.07) is 7.29. The minimum atomic E-state index is -0.910. The third-order valence-electron chi connectivity index (χ3n) is 6.08. The number of benzene rings is 1. The molecule has 3 unspecified atom stereocenters. The second-order valence-electron chi connectivity index (χ2n) is 8.67. The van der Waals surface area contributed by atoms with Gasteiger partial charge in [-0.15, -0.1) is 0 Å². The number of carbonyl (C=O) groups excluding carboxylic acids is 4. The van der Waals surface area contributed by atoms with Gasteiger partial charge in [0, 0.05) is 17.7 Å². The largest absolute Gasteiger partial charge is 0.349 e. The van der Waals surface area contributed by atoms with E-state index in [4.69, 9.17) is 11.6 Å². The summed E-state index contributed by atoms with van der Waals surface area (Å²) in [5.41, 5.74) is 0.924. The Morgan fingerprint density at radius 2 is 1.97 bits per heavy atom. The van der Waals surface area contributed by atoms with E-state index in [1.54, 1.807) is 18.2 Å². The summed E-state index contributed by atoms with van der Waals surface area (Å²) in [6.07, 6.45) is 3.08. The molecule has 2 fully saturated rings. The smallest absolute Gasteiger partial charge is 0.268 e. The van der Waals surface area contributed by atoms with Gasteiger partial charge in [0.25, 0.3) is 5.91 Å². The summed E-state index contributed by atoms with van der Waals surface area (Å²) < 4.78 is 0. The van der Waals surface area contributed by atoms with Gasteiger partial charge in [0.2, 0.25) is 17.7 Å². The lowest BCUT2D eigenvalue weighted by Crippen LogP contribution is -2.51. The molecule has 33 heavy (non-hydrogen) atoms. The van der Waals surface area contributed by atoms with E-state index in [0.717, 1.165) is 18.2 Å². The topological polar surface area (TPSA) is 144 Å². The zero-order valence-electron chi connectivity index (χ0n) is 17.8. The highest BCUT2D eigenvalue weighted by molar-refractivity contribution is 6.35. The van der Waals surface area contributed by atoms with Gasteiger partial charge in [-0.25, -0.2) is 0 Å². The Hall–Kier alpha value is -3.38. The normalized spacial score (nSPS) is 19.9. The molecule has 1 saturated carbocycles. The lowest BCUT2D eigenvalue weighted by Gasteiger charge is -2.24. The zero-order valence-corrected chi connectivity index (χ0v) is 18.6. The van der Waals surface area contributed by atoms with Crippen molar-refractivity contribution in [2.24, 2.45) is 11.8 Å². The number of aromatic amines is 1. The molecule has 1 aromatic carbocycles. The molecule has 0 radical (unpaired) electrons. The summed E-state index contributed by atoms with van der Waals surface area (Å²) in [5.74, 6) is -1.86. The number of nitrogens with one attached hydrogen (secondary N) is 4. The predicted octanol–water partition coefficient (Wildman–Crippen LogP) is 2.17. The Bertz CT molecular complexity index is 1150. The van der Waals surface area contributed by atoms with Crippen molar-refractivity contribution in [3.05, 3.63) is 35.0 Å². The van der Waals surface area contributed by atoms with Gasteiger partial charge in [0.05, 0.1) is 16.6 Å². The van der Waals surface area contributed by atoms with Gasteiger partial charge in [0.1, 0.15) is 17.8 Å². The molecule has 2 aliphatic rings. The number of imide groups is 1. The highest BCUT2D eigenvalue weighted by Crippen LogP contribution is 2.33. The second kappa shape index (κ2) is 9.63. The van der Waals surface area contributed by atoms with Gasteiger partial charge >= 0.3 is 0 Å². The number of rotatable bonds is 8. The molecule has 1 aliphatic heterocycles. The lowest BCUT2D eigenvalue weighted by molar-refractivity contribution is -0.137. The van der Waals surface area contributed by atoms with Crippen LogP contribution in [0.15, 0.2) is 24.3 Å². The van der Waals surface area contributed by atoms with Crippen LogP contribution in [0.25, 0.3) is 10.9 Å². The number of carbonyl (C=O) groups is 4. The first-order valence-corrected chi connectivity index (χ1v) is 11.3. The first-order chi connectivity index (χ1) is 15.8.